The lowest BCUT2D eigenvalue weighted by atomic mass is 9.89. The number of nitrogens with one attached hydrogen (secondary N) is 2. The van der Waals surface area contributed by atoms with Gasteiger partial charge in [-0.15, -0.1) is 0 Å². The molecule has 0 bridgehead atoms. The molecule has 6 nitrogen and oxygen atoms in total. The number of amides is 2. The van der Waals surface area contributed by atoms with Gasteiger partial charge in [0.1, 0.15) is 0 Å². The summed E-state index contributed by atoms with van der Waals surface area (Å²) >= 11 is 0. The first kappa shape index (κ1) is 15.6. The highest BCUT2D eigenvalue weighted by Gasteiger charge is 2.17. The van der Waals surface area contributed by atoms with Crippen molar-refractivity contribution in [1.82, 2.24) is 10.6 Å². The first-order chi connectivity index (χ1) is 11.2. The lowest BCUT2D eigenvalue weighted by Gasteiger charge is -2.21. The van der Waals surface area contributed by atoms with E-state index in [0.717, 1.165) is 0 Å². The third-order valence-electron chi connectivity index (χ3n) is 4.36. The molecular weight excluding hydrogens is 296 g/mol. The number of carbonyl (C=O) groups is 2. The van der Waals surface area contributed by atoms with Crippen molar-refractivity contribution in [3.05, 3.63) is 23.8 Å². The number of carbonyl (C=O) groups excluding carboxylic acids is 2. The molecule has 0 spiro atoms. The third kappa shape index (κ3) is 4.15. The van der Waals surface area contributed by atoms with Crippen LogP contribution in [0.1, 0.15) is 42.5 Å². The molecule has 23 heavy (non-hydrogen) atoms. The van der Waals surface area contributed by atoms with Crippen molar-refractivity contribution in [2.45, 2.75) is 32.1 Å². The molecule has 0 aromatic heterocycles. The Morgan fingerprint density at radius 2 is 1.83 bits per heavy atom. The van der Waals surface area contributed by atoms with E-state index in [-0.39, 0.29) is 25.2 Å². The van der Waals surface area contributed by atoms with Crippen LogP contribution in [0.5, 0.6) is 11.5 Å². The van der Waals surface area contributed by atoms with Crippen LogP contribution < -0.4 is 20.1 Å². The molecule has 124 valence electrons. The molecular formula is C17H22N2O4. The van der Waals surface area contributed by atoms with Crippen LogP contribution in [-0.2, 0) is 4.79 Å². The van der Waals surface area contributed by atoms with E-state index >= 15 is 0 Å². The van der Waals surface area contributed by atoms with E-state index in [9.17, 15) is 9.59 Å². The predicted molar refractivity (Wildman–Crippen MR) is 84.5 cm³/mol. The van der Waals surface area contributed by atoms with E-state index in [1.54, 1.807) is 18.2 Å². The van der Waals surface area contributed by atoms with Gasteiger partial charge in [-0.05, 0) is 37.0 Å². The normalized spacial score (nSPS) is 16.9. The zero-order valence-electron chi connectivity index (χ0n) is 13.1. The van der Waals surface area contributed by atoms with Crippen molar-refractivity contribution >= 4 is 11.8 Å². The topological polar surface area (TPSA) is 76.7 Å². The smallest absolute Gasteiger partial charge is 0.251 e. The Kier molecular flexibility index (Phi) is 5.00. The molecule has 1 aliphatic carbocycles. The summed E-state index contributed by atoms with van der Waals surface area (Å²) in [6.07, 6.45) is 6.17. The first-order valence-corrected chi connectivity index (χ1v) is 8.17. The first-order valence-electron chi connectivity index (χ1n) is 8.17. The highest BCUT2D eigenvalue weighted by Crippen LogP contribution is 2.32. The third-order valence-corrected chi connectivity index (χ3v) is 4.36. The standard InChI is InChI=1S/C17H22N2O4/c20-16(18-9-12-4-2-1-3-5-12)10-19-17(21)13-6-7-14-15(8-13)23-11-22-14/h6-8,12H,1-5,9-11H2,(H,18,20)(H,19,21). The molecule has 0 saturated heterocycles. The Bertz CT molecular complexity index is 582. The average molecular weight is 318 g/mol. The van der Waals surface area contributed by atoms with Gasteiger partial charge in [0.05, 0.1) is 6.54 Å². The molecule has 0 radical (unpaired) electrons. The Balaban J connectivity index is 1.42. The minimum atomic E-state index is -0.295. The number of ether oxygens (including phenoxy) is 2. The molecule has 1 aromatic rings. The van der Waals surface area contributed by atoms with Gasteiger partial charge < -0.3 is 20.1 Å². The minimum absolute atomic E-state index is 0.0139. The van der Waals surface area contributed by atoms with Gasteiger partial charge in [0.15, 0.2) is 11.5 Å². The van der Waals surface area contributed by atoms with Crippen molar-refractivity contribution in [1.29, 1.82) is 0 Å². The van der Waals surface area contributed by atoms with E-state index in [4.69, 9.17) is 9.47 Å². The van der Waals surface area contributed by atoms with Crippen LogP contribution >= 0.6 is 0 Å². The van der Waals surface area contributed by atoms with Gasteiger partial charge >= 0.3 is 0 Å². The number of benzene rings is 1. The van der Waals surface area contributed by atoms with Crippen molar-refractivity contribution in [3.8, 4) is 11.5 Å². The van der Waals surface area contributed by atoms with E-state index in [1.807, 2.05) is 0 Å². The maximum Gasteiger partial charge on any atom is 0.251 e. The molecule has 1 fully saturated rings. The largest absolute Gasteiger partial charge is 0.454 e. The number of hydrogen-bond donors (Lipinski definition) is 2. The lowest BCUT2D eigenvalue weighted by Crippen LogP contribution is -2.39. The summed E-state index contributed by atoms with van der Waals surface area (Å²) in [4.78, 5) is 23.9. The highest BCUT2D eigenvalue weighted by atomic mass is 16.7. The Labute approximate surface area is 135 Å². The second-order valence-corrected chi connectivity index (χ2v) is 6.06. The van der Waals surface area contributed by atoms with E-state index in [0.29, 0.717) is 29.5 Å². The maximum absolute atomic E-state index is 12.1. The van der Waals surface area contributed by atoms with Crippen LogP contribution in [0.15, 0.2) is 18.2 Å². The summed E-state index contributed by atoms with van der Waals surface area (Å²) in [5, 5.41) is 5.53. The Morgan fingerprint density at radius 3 is 2.65 bits per heavy atom. The molecule has 6 heteroatoms. The fourth-order valence-corrected chi connectivity index (χ4v) is 3.01. The number of rotatable bonds is 5. The molecule has 1 aromatic carbocycles. The van der Waals surface area contributed by atoms with Crippen LogP contribution in [0, 0.1) is 5.92 Å². The molecule has 1 aliphatic heterocycles. The number of fused-ring (bicyclic) bond motifs is 1. The number of hydrogen-bond acceptors (Lipinski definition) is 4. The van der Waals surface area contributed by atoms with Gasteiger partial charge in [-0.2, -0.15) is 0 Å². The summed E-state index contributed by atoms with van der Waals surface area (Å²) in [7, 11) is 0. The Hall–Kier alpha value is -2.24. The van der Waals surface area contributed by atoms with Gasteiger partial charge in [0.25, 0.3) is 5.91 Å². The van der Waals surface area contributed by atoms with E-state index in [2.05, 4.69) is 10.6 Å². The van der Waals surface area contributed by atoms with E-state index < -0.39 is 0 Å². The second kappa shape index (κ2) is 7.35. The van der Waals surface area contributed by atoms with Crippen LogP contribution in [0.25, 0.3) is 0 Å². The van der Waals surface area contributed by atoms with Gasteiger partial charge in [-0.3, -0.25) is 9.59 Å². The van der Waals surface area contributed by atoms with Crippen LogP contribution in [0.3, 0.4) is 0 Å². The zero-order chi connectivity index (χ0) is 16.1. The van der Waals surface area contributed by atoms with Crippen molar-refractivity contribution in [2.75, 3.05) is 19.9 Å². The van der Waals surface area contributed by atoms with Crippen LogP contribution in [-0.4, -0.2) is 31.7 Å². The fourth-order valence-electron chi connectivity index (χ4n) is 3.01. The summed E-state index contributed by atoms with van der Waals surface area (Å²) in [6.45, 7) is 0.864. The summed E-state index contributed by atoms with van der Waals surface area (Å²) in [5.41, 5.74) is 0.453. The molecule has 2 amide bonds. The summed E-state index contributed by atoms with van der Waals surface area (Å²) < 4.78 is 10.4. The van der Waals surface area contributed by atoms with Crippen LogP contribution in [0.2, 0.25) is 0 Å². The maximum atomic E-state index is 12.1. The average Bonchev–Trinajstić information content (AvgIpc) is 3.06. The van der Waals surface area contributed by atoms with Crippen molar-refractivity contribution < 1.29 is 19.1 Å². The molecule has 0 atom stereocenters. The Morgan fingerprint density at radius 1 is 1.04 bits per heavy atom. The minimum Gasteiger partial charge on any atom is -0.454 e. The summed E-state index contributed by atoms with van der Waals surface area (Å²) in [5.74, 6) is 1.32. The van der Waals surface area contributed by atoms with Gasteiger partial charge in [0, 0.05) is 12.1 Å². The second-order valence-electron chi connectivity index (χ2n) is 6.06. The predicted octanol–water partition coefficient (Wildman–Crippen LogP) is 1.84. The van der Waals surface area contributed by atoms with Gasteiger partial charge in [0.2, 0.25) is 12.7 Å². The van der Waals surface area contributed by atoms with Crippen LogP contribution in [0.4, 0.5) is 0 Å². The molecule has 2 aliphatic rings. The van der Waals surface area contributed by atoms with Gasteiger partial charge in [-0.1, -0.05) is 19.3 Å². The van der Waals surface area contributed by atoms with Gasteiger partial charge in [-0.25, -0.2) is 0 Å². The highest BCUT2D eigenvalue weighted by molar-refractivity contribution is 5.97. The quantitative estimate of drug-likeness (QED) is 0.868. The molecule has 1 heterocycles. The zero-order valence-corrected chi connectivity index (χ0v) is 13.1. The van der Waals surface area contributed by atoms with Crippen molar-refractivity contribution in [2.24, 2.45) is 5.92 Å². The summed E-state index contributed by atoms with van der Waals surface area (Å²) in [6, 6.07) is 4.97. The molecule has 3 rings (SSSR count). The lowest BCUT2D eigenvalue weighted by molar-refractivity contribution is -0.120. The monoisotopic (exact) mass is 318 g/mol. The molecule has 1 saturated carbocycles. The fraction of sp³-hybridized carbons (Fsp3) is 0.529. The molecule has 2 N–H and O–H groups in total. The SMILES string of the molecule is O=C(CNC(=O)c1ccc2c(c1)OCO2)NCC1CCCCC1. The molecule has 0 unspecified atom stereocenters. The van der Waals surface area contributed by atoms with E-state index in [1.165, 1.54) is 32.1 Å². The van der Waals surface area contributed by atoms with Crippen molar-refractivity contribution in [3.63, 3.8) is 0 Å².